The van der Waals surface area contributed by atoms with Crippen LogP contribution in [0.15, 0.2) is 60.7 Å². The fourth-order valence-electron chi connectivity index (χ4n) is 1.62. The summed E-state index contributed by atoms with van der Waals surface area (Å²) in [6.07, 6.45) is 4.13. The number of para-hydroxylation sites is 1. The molecule has 0 unspecified atom stereocenters. The van der Waals surface area contributed by atoms with Gasteiger partial charge in [0, 0.05) is 0 Å². The molecular weight excluding hydrogens is 305 g/mol. The van der Waals surface area contributed by atoms with Gasteiger partial charge in [0.2, 0.25) is 0 Å². The van der Waals surface area contributed by atoms with Crippen LogP contribution in [0.1, 0.15) is 5.56 Å². The molecule has 2 aromatic carbocycles. The van der Waals surface area contributed by atoms with E-state index in [2.05, 4.69) is 12.2 Å². The Morgan fingerprint density at radius 2 is 1.74 bits per heavy atom. The Morgan fingerprint density at radius 1 is 1.05 bits per heavy atom. The van der Waals surface area contributed by atoms with Crippen molar-refractivity contribution in [2.24, 2.45) is 0 Å². The van der Waals surface area contributed by atoms with E-state index in [1.54, 1.807) is 12.1 Å². The van der Waals surface area contributed by atoms with E-state index in [4.69, 9.17) is 0 Å². The molecule has 0 heterocycles. The van der Waals surface area contributed by atoms with Crippen LogP contribution in [0.4, 0.5) is 5.69 Å². The Hall–Kier alpha value is -1.90. The first-order valence-electron chi connectivity index (χ1n) is 5.85. The maximum absolute atomic E-state index is 10.9. The van der Waals surface area contributed by atoms with Gasteiger partial charge >= 0.3 is 118 Å². The second-order valence-corrected chi connectivity index (χ2v) is 6.08. The Balaban J connectivity index is 1.96. The van der Waals surface area contributed by atoms with E-state index in [1.807, 2.05) is 42.5 Å². The third-order valence-corrected chi connectivity index (χ3v) is 4.64. The summed E-state index contributed by atoms with van der Waals surface area (Å²) >= 11 is 0.0922. The van der Waals surface area contributed by atoms with Gasteiger partial charge in [0.05, 0.1) is 0 Å². The molecule has 2 rings (SSSR count). The molecule has 0 aliphatic carbocycles. The van der Waals surface area contributed by atoms with Crippen LogP contribution >= 0.6 is 0 Å². The average molecular weight is 318 g/mol. The maximum atomic E-state index is 10.9. The summed E-state index contributed by atoms with van der Waals surface area (Å²) in [4.78, 5) is 10.6. The van der Waals surface area contributed by atoms with Crippen molar-refractivity contribution in [1.82, 2.24) is 0 Å². The third-order valence-electron chi connectivity index (χ3n) is 2.51. The molecule has 0 bridgehead atoms. The van der Waals surface area contributed by atoms with Gasteiger partial charge in [-0.1, -0.05) is 0 Å². The number of rotatable bonds is 5. The first-order chi connectivity index (χ1) is 9.27. The van der Waals surface area contributed by atoms with Crippen LogP contribution in [0.3, 0.4) is 0 Å². The third kappa shape index (κ3) is 4.05. The first-order valence-corrected chi connectivity index (χ1v) is 7.92. The zero-order valence-corrected chi connectivity index (χ0v) is 11.9. The molecule has 2 aromatic rings. The molecule has 0 amide bonds. The minimum atomic E-state index is -0.308. The van der Waals surface area contributed by atoms with Gasteiger partial charge in [-0.25, -0.2) is 0 Å². The Morgan fingerprint density at radius 3 is 2.47 bits per heavy atom. The summed E-state index contributed by atoms with van der Waals surface area (Å²) in [5.74, 6) is 0. The second kappa shape index (κ2) is 6.88. The normalized spacial score (nSPS) is 10.7. The molecule has 0 spiro atoms. The Kier molecular flexibility index (Phi) is 4.90. The van der Waals surface area contributed by atoms with Gasteiger partial charge in [-0.05, 0) is 0 Å². The molecule has 96 valence electrons. The SMILES string of the molecule is O=[N+]([O-])c1ccccc1[Se]C/C=C\c1ccccc1. The molecule has 0 fully saturated rings. The van der Waals surface area contributed by atoms with Crippen LogP contribution in [0.2, 0.25) is 5.32 Å². The number of hydrogen-bond acceptors (Lipinski definition) is 2. The molecule has 0 atom stereocenters. The molecular formula is C15H13NO2Se. The van der Waals surface area contributed by atoms with E-state index < -0.39 is 0 Å². The van der Waals surface area contributed by atoms with Gasteiger partial charge in [0.1, 0.15) is 0 Å². The van der Waals surface area contributed by atoms with E-state index in [1.165, 1.54) is 0 Å². The quantitative estimate of drug-likeness (QED) is 0.483. The van der Waals surface area contributed by atoms with Crippen molar-refractivity contribution in [2.45, 2.75) is 5.32 Å². The first kappa shape index (κ1) is 13.5. The summed E-state index contributed by atoms with van der Waals surface area (Å²) in [5, 5.41) is 11.7. The molecule has 0 saturated carbocycles. The number of nitro groups is 1. The van der Waals surface area contributed by atoms with Crippen molar-refractivity contribution in [3.05, 3.63) is 76.4 Å². The van der Waals surface area contributed by atoms with Crippen LogP contribution in [0.25, 0.3) is 6.08 Å². The van der Waals surface area contributed by atoms with E-state index in [9.17, 15) is 10.1 Å². The summed E-state index contributed by atoms with van der Waals surface area (Å²) in [7, 11) is 0. The second-order valence-electron chi connectivity index (χ2n) is 3.85. The topological polar surface area (TPSA) is 43.1 Å². The molecule has 3 nitrogen and oxygen atoms in total. The number of benzene rings is 2. The van der Waals surface area contributed by atoms with E-state index >= 15 is 0 Å². The number of allylic oxidation sites excluding steroid dienone is 1. The number of nitro benzene ring substituents is 1. The van der Waals surface area contributed by atoms with Crippen LogP contribution in [-0.2, 0) is 0 Å². The number of nitrogens with zero attached hydrogens (tertiary/aromatic N) is 1. The minimum absolute atomic E-state index is 0.0922. The predicted octanol–water partition coefficient (Wildman–Crippen LogP) is 3.06. The van der Waals surface area contributed by atoms with Gasteiger partial charge in [-0.3, -0.25) is 0 Å². The van der Waals surface area contributed by atoms with Crippen LogP contribution in [0.5, 0.6) is 0 Å². The fraction of sp³-hybridized carbons (Fsp3) is 0.0667. The van der Waals surface area contributed by atoms with Crippen molar-refractivity contribution >= 4 is 31.2 Å². The van der Waals surface area contributed by atoms with Crippen molar-refractivity contribution < 1.29 is 4.92 Å². The van der Waals surface area contributed by atoms with Crippen LogP contribution < -0.4 is 4.46 Å². The van der Waals surface area contributed by atoms with Gasteiger partial charge in [0.15, 0.2) is 0 Å². The van der Waals surface area contributed by atoms with E-state index in [0.717, 1.165) is 15.3 Å². The molecule has 0 aromatic heterocycles. The summed E-state index contributed by atoms with van der Waals surface area (Å²) in [5.41, 5.74) is 1.39. The molecule has 0 aliphatic rings. The Bertz CT molecular complexity index is 582. The summed E-state index contributed by atoms with van der Waals surface area (Å²) in [6.45, 7) is 0. The van der Waals surface area contributed by atoms with Gasteiger partial charge in [-0.15, -0.1) is 0 Å². The Labute approximate surface area is 118 Å². The predicted molar refractivity (Wildman–Crippen MR) is 78.8 cm³/mol. The summed E-state index contributed by atoms with van der Waals surface area (Å²) < 4.78 is 0.845. The zero-order valence-electron chi connectivity index (χ0n) is 10.2. The van der Waals surface area contributed by atoms with E-state index in [-0.39, 0.29) is 25.6 Å². The molecule has 0 N–H and O–H groups in total. The van der Waals surface area contributed by atoms with Gasteiger partial charge < -0.3 is 0 Å². The number of hydrogen-bond donors (Lipinski definition) is 0. The molecule has 19 heavy (non-hydrogen) atoms. The monoisotopic (exact) mass is 319 g/mol. The van der Waals surface area contributed by atoms with Crippen molar-refractivity contribution in [3.63, 3.8) is 0 Å². The van der Waals surface area contributed by atoms with Crippen molar-refractivity contribution in [3.8, 4) is 0 Å². The average Bonchev–Trinajstić information content (AvgIpc) is 2.45. The molecule has 0 radical (unpaired) electrons. The standard InChI is InChI=1S/C15H13NO2Se/c17-16(18)14-10-4-5-11-15(14)19-12-6-9-13-7-2-1-3-8-13/h1-11H,12H2/b9-6-. The molecule has 4 heteroatoms. The van der Waals surface area contributed by atoms with Crippen LogP contribution in [0, 0.1) is 10.1 Å². The van der Waals surface area contributed by atoms with Gasteiger partial charge in [-0.2, -0.15) is 0 Å². The molecule has 0 saturated heterocycles. The van der Waals surface area contributed by atoms with Crippen molar-refractivity contribution in [2.75, 3.05) is 0 Å². The summed E-state index contributed by atoms with van der Waals surface area (Å²) in [6, 6.07) is 17.0. The van der Waals surface area contributed by atoms with Gasteiger partial charge in [0.25, 0.3) is 0 Å². The zero-order chi connectivity index (χ0) is 13.5. The fourth-order valence-corrected chi connectivity index (χ4v) is 3.37. The van der Waals surface area contributed by atoms with Crippen molar-refractivity contribution in [1.29, 1.82) is 0 Å². The van der Waals surface area contributed by atoms with Crippen LogP contribution in [-0.4, -0.2) is 19.9 Å². The molecule has 0 aliphatic heterocycles. The van der Waals surface area contributed by atoms with E-state index in [0.29, 0.717) is 0 Å².